The maximum atomic E-state index is 12.4. The summed E-state index contributed by atoms with van der Waals surface area (Å²) in [5.41, 5.74) is 1.01. The Labute approximate surface area is 136 Å². The Hall–Kier alpha value is -1.62. The van der Waals surface area contributed by atoms with Crippen molar-refractivity contribution in [1.82, 2.24) is 10.2 Å². The van der Waals surface area contributed by atoms with Crippen molar-refractivity contribution in [3.63, 3.8) is 0 Å². The second kappa shape index (κ2) is 7.09. The van der Waals surface area contributed by atoms with E-state index in [1.807, 2.05) is 24.3 Å². The number of aliphatic hydroxyl groups excluding tert-OH is 1. The van der Waals surface area contributed by atoms with Gasteiger partial charge in [-0.05, 0) is 16.3 Å². The van der Waals surface area contributed by atoms with Crippen molar-refractivity contribution < 1.29 is 9.90 Å². The highest BCUT2D eigenvalue weighted by molar-refractivity contribution is 5.86. The number of benzene rings is 2. The molecule has 1 aliphatic rings. The van der Waals surface area contributed by atoms with Crippen LogP contribution in [-0.4, -0.2) is 48.2 Å². The molecule has 0 bridgehead atoms. The lowest BCUT2D eigenvalue weighted by molar-refractivity contribution is -0.132. The first kappa shape index (κ1) is 16.7. The third-order valence-corrected chi connectivity index (χ3v) is 4.21. The van der Waals surface area contributed by atoms with Crippen LogP contribution in [0.25, 0.3) is 10.8 Å². The number of aliphatic hydroxyl groups is 1. The van der Waals surface area contributed by atoms with Gasteiger partial charge in [-0.3, -0.25) is 4.79 Å². The van der Waals surface area contributed by atoms with Gasteiger partial charge in [0.1, 0.15) is 0 Å². The Morgan fingerprint density at radius 3 is 2.64 bits per heavy atom. The highest BCUT2D eigenvalue weighted by Crippen LogP contribution is 2.17. The second-order valence-corrected chi connectivity index (χ2v) is 5.66. The fourth-order valence-electron chi connectivity index (χ4n) is 2.88. The Morgan fingerprint density at radius 1 is 1.23 bits per heavy atom. The molecular weight excluding hydrogens is 300 g/mol. The van der Waals surface area contributed by atoms with Gasteiger partial charge in [0.2, 0.25) is 5.91 Å². The Kier molecular flexibility index (Phi) is 5.40. The smallest absolute Gasteiger partial charge is 0.227 e. The van der Waals surface area contributed by atoms with Crippen molar-refractivity contribution >= 4 is 29.1 Å². The third-order valence-electron chi connectivity index (χ3n) is 4.21. The molecule has 2 aromatic carbocycles. The van der Waals surface area contributed by atoms with Gasteiger partial charge in [-0.15, -0.1) is 12.4 Å². The quantitative estimate of drug-likeness (QED) is 0.903. The molecule has 0 spiro atoms. The van der Waals surface area contributed by atoms with Crippen LogP contribution in [0.5, 0.6) is 0 Å². The molecule has 1 amide bonds. The van der Waals surface area contributed by atoms with E-state index in [2.05, 4.69) is 23.5 Å². The van der Waals surface area contributed by atoms with Gasteiger partial charge in [0.15, 0.2) is 0 Å². The number of β-amino-alcohol motifs (C(OH)–C–C–N with tert-alkyl or cyclic N) is 1. The molecule has 2 N–H and O–H groups in total. The molecule has 1 saturated heterocycles. The van der Waals surface area contributed by atoms with Crippen molar-refractivity contribution in [2.45, 2.75) is 18.6 Å². The number of fused-ring (bicyclic) bond motifs is 1. The number of carbonyl (C=O) groups is 1. The van der Waals surface area contributed by atoms with Crippen molar-refractivity contribution in [2.24, 2.45) is 0 Å². The maximum Gasteiger partial charge on any atom is 0.227 e. The van der Waals surface area contributed by atoms with E-state index >= 15 is 0 Å². The maximum absolute atomic E-state index is 12.4. The van der Waals surface area contributed by atoms with Gasteiger partial charge in [0, 0.05) is 20.1 Å². The van der Waals surface area contributed by atoms with Crippen molar-refractivity contribution in [3.05, 3.63) is 48.0 Å². The summed E-state index contributed by atoms with van der Waals surface area (Å²) in [6, 6.07) is 14.1. The largest absolute Gasteiger partial charge is 0.390 e. The second-order valence-electron chi connectivity index (χ2n) is 5.66. The van der Waals surface area contributed by atoms with Gasteiger partial charge in [-0.1, -0.05) is 42.5 Å². The zero-order valence-corrected chi connectivity index (χ0v) is 13.3. The molecule has 3 rings (SSSR count). The predicted octanol–water partition coefficient (Wildman–Crippen LogP) is 1.60. The van der Waals surface area contributed by atoms with Crippen molar-refractivity contribution in [3.8, 4) is 0 Å². The van der Waals surface area contributed by atoms with Gasteiger partial charge in [0.25, 0.3) is 0 Å². The summed E-state index contributed by atoms with van der Waals surface area (Å²) in [6.45, 7) is 1.21. The number of nitrogens with zero attached hydrogens (tertiary/aromatic N) is 1. The summed E-state index contributed by atoms with van der Waals surface area (Å²) in [5.74, 6) is 0.0398. The van der Waals surface area contributed by atoms with E-state index in [1.165, 1.54) is 5.39 Å². The summed E-state index contributed by atoms with van der Waals surface area (Å²) in [6.07, 6.45) is -0.111. The highest BCUT2D eigenvalue weighted by Gasteiger charge is 2.30. The normalized spacial score (nSPS) is 20.6. The fourth-order valence-corrected chi connectivity index (χ4v) is 2.88. The minimum absolute atomic E-state index is 0. The molecule has 0 aromatic heterocycles. The average Bonchev–Trinajstić information content (AvgIpc) is 2.92. The van der Waals surface area contributed by atoms with E-state index in [9.17, 15) is 9.90 Å². The minimum atomic E-state index is -0.476. The molecule has 5 heteroatoms. The Balaban J connectivity index is 0.00000176. The van der Waals surface area contributed by atoms with Crippen LogP contribution in [0.15, 0.2) is 42.5 Å². The first-order valence-electron chi connectivity index (χ1n) is 7.27. The lowest BCUT2D eigenvalue weighted by Crippen LogP contribution is -2.44. The van der Waals surface area contributed by atoms with E-state index in [-0.39, 0.29) is 24.4 Å². The molecule has 1 heterocycles. The Bertz CT molecular complexity index is 662. The summed E-state index contributed by atoms with van der Waals surface area (Å²) >= 11 is 0. The van der Waals surface area contributed by atoms with Crippen LogP contribution in [0.1, 0.15) is 5.56 Å². The van der Waals surface area contributed by atoms with Crippen molar-refractivity contribution in [1.29, 1.82) is 0 Å². The zero-order chi connectivity index (χ0) is 14.8. The molecule has 118 valence electrons. The molecule has 4 nitrogen and oxygen atoms in total. The molecule has 22 heavy (non-hydrogen) atoms. The first-order chi connectivity index (χ1) is 10.1. The number of nitrogens with one attached hydrogen (secondary N) is 1. The van der Waals surface area contributed by atoms with Gasteiger partial charge < -0.3 is 15.3 Å². The molecule has 0 aliphatic carbocycles. The van der Waals surface area contributed by atoms with Gasteiger partial charge in [-0.25, -0.2) is 0 Å². The SMILES string of the molecule is CN(C(=O)Cc1ccc2ccccc2c1)[C@@H]1CNC[C@H]1O.Cl. The standard InChI is InChI=1S/C17H20N2O2.ClH/c1-19(15-10-18-11-16(15)20)17(21)9-12-6-7-13-4-2-3-5-14(13)8-12;/h2-8,15-16,18,20H,9-11H2,1H3;1H/t15-,16-;/m1./s1. The lowest BCUT2D eigenvalue weighted by Gasteiger charge is -2.26. The van der Waals surface area contributed by atoms with Crippen LogP contribution in [0.2, 0.25) is 0 Å². The number of likely N-dealkylation sites (N-methyl/N-ethyl adjacent to an activating group) is 1. The number of amides is 1. The summed E-state index contributed by atoms with van der Waals surface area (Å²) in [7, 11) is 1.77. The van der Waals surface area contributed by atoms with Crippen LogP contribution < -0.4 is 5.32 Å². The van der Waals surface area contributed by atoms with E-state index < -0.39 is 6.10 Å². The molecule has 1 aliphatic heterocycles. The Morgan fingerprint density at radius 2 is 1.95 bits per heavy atom. The average molecular weight is 321 g/mol. The van der Waals surface area contributed by atoms with Gasteiger partial charge in [0.05, 0.1) is 18.6 Å². The van der Waals surface area contributed by atoms with E-state index in [0.29, 0.717) is 19.5 Å². The molecule has 0 saturated carbocycles. The molecular formula is C17H21ClN2O2. The number of hydrogen-bond donors (Lipinski definition) is 2. The topological polar surface area (TPSA) is 52.6 Å². The van der Waals surface area contributed by atoms with E-state index in [4.69, 9.17) is 0 Å². The van der Waals surface area contributed by atoms with Crippen LogP contribution in [0.4, 0.5) is 0 Å². The van der Waals surface area contributed by atoms with Crippen LogP contribution in [0.3, 0.4) is 0 Å². The van der Waals surface area contributed by atoms with Crippen LogP contribution >= 0.6 is 12.4 Å². The predicted molar refractivity (Wildman–Crippen MR) is 90.3 cm³/mol. The molecule has 0 radical (unpaired) electrons. The fraction of sp³-hybridized carbons (Fsp3) is 0.353. The molecule has 1 fully saturated rings. The summed E-state index contributed by atoms with van der Waals surface area (Å²) < 4.78 is 0. The summed E-state index contributed by atoms with van der Waals surface area (Å²) in [5, 5.41) is 15.3. The molecule has 2 atom stereocenters. The number of hydrogen-bond acceptors (Lipinski definition) is 3. The van der Waals surface area contributed by atoms with Crippen LogP contribution in [0, 0.1) is 0 Å². The van der Waals surface area contributed by atoms with Gasteiger partial charge in [-0.2, -0.15) is 0 Å². The number of carbonyl (C=O) groups excluding carboxylic acids is 1. The molecule has 0 unspecified atom stereocenters. The molecule has 2 aromatic rings. The minimum Gasteiger partial charge on any atom is -0.390 e. The number of halogens is 1. The highest BCUT2D eigenvalue weighted by atomic mass is 35.5. The zero-order valence-electron chi connectivity index (χ0n) is 12.5. The third kappa shape index (κ3) is 3.40. The van der Waals surface area contributed by atoms with Gasteiger partial charge >= 0.3 is 0 Å². The van der Waals surface area contributed by atoms with Crippen LogP contribution in [-0.2, 0) is 11.2 Å². The summed E-state index contributed by atoms with van der Waals surface area (Å²) in [4.78, 5) is 14.0. The first-order valence-corrected chi connectivity index (χ1v) is 7.27. The van der Waals surface area contributed by atoms with E-state index in [0.717, 1.165) is 10.9 Å². The van der Waals surface area contributed by atoms with Crippen molar-refractivity contribution in [2.75, 3.05) is 20.1 Å². The number of rotatable bonds is 3. The monoisotopic (exact) mass is 320 g/mol. The van der Waals surface area contributed by atoms with E-state index in [1.54, 1.807) is 11.9 Å². The lowest BCUT2D eigenvalue weighted by atomic mass is 10.0.